The molecule has 0 fully saturated rings. The molecule has 2 aromatic heterocycles. The first kappa shape index (κ1) is 12.3. The van der Waals surface area contributed by atoms with Crippen LogP contribution in [0.15, 0.2) is 57.7 Å². The van der Waals surface area contributed by atoms with E-state index in [-0.39, 0.29) is 5.63 Å². The molecule has 0 aliphatic heterocycles. The Morgan fingerprint density at radius 2 is 1.95 bits per heavy atom. The molecule has 0 aliphatic carbocycles. The highest BCUT2D eigenvalue weighted by Crippen LogP contribution is 2.30. The van der Waals surface area contributed by atoms with Crippen molar-refractivity contribution < 1.29 is 4.42 Å². The molecule has 0 amide bonds. The van der Waals surface area contributed by atoms with Crippen LogP contribution in [0.1, 0.15) is 5.56 Å². The lowest BCUT2D eigenvalue weighted by atomic mass is 10.2. The fraction of sp³-hybridized carbons (Fsp3) is 0.0588. The number of thiazole rings is 1. The van der Waals surface area contributed by atoms with Crippen molar-refractivity contribution in [2.75, 3.05) is 0 Å². The van der Waals surface area contributed by atoms with Crippen LogP contribution in [0.5, 0.6) is 0 Å². The van der Waals surface area contributed by atoms with Crippen molar-refractivity contribution >= 4 is 32.5 Å². The molecule has 3 nitrogen and oxygen atoms in total. The monoisotopic (exact) mass is 293 g/mol. The highest BCUT2D eigenvalue weighted by Gasteiger charge is 2.12. The van der Waals surface area contributed by atoms with Gasteiger partial charge in [0.2, 0.25) is 0 Å². The largest absolute Gasteiger partial charge is 0.422 e. The molecular formula is C17H11NO2S. The lowest BCUT2D eigenvalue weighted by Crippen LogP contribution is -2.02. The molecule has 0 aliphatic rings. The maximum absolute atomic E-state index is 12.2. The van der Waals surface area contributed by atoms with Crippen LogP contribution in [-0.2, 0) is 0 Å². The summed E-state index contributed by atoms with van der Waals surface area (Å²) in [6, 6.07) is 15.4. The Hall–Kier alpha value is -2.46. The molecule has 0 spiro atoms. The molecule has 0 saturated carbocycles. The normalized spacial score (nSPS) is 11.3. The average Bonchev–Trinajstić information content (AvgIpc) is 2.89. The smallest absolute Gasteiger partial charge is 0.346 e. The fourth-order valence-corrected chi connectivity index (χ4v) is 3.43. The van der Waals surface area contributed by atoms with E-state index in [9.17, 15) is 4.79 Å². The van der Waals surface area contributed by atoms with Gasteiger partial charge < -0.3 is 4.42 Å². The molecular weight excluding hydrogens is 282 g/mol. The van der Waals surface area contributed by atoms with Crippen molar-refractivity contribution in [1.82, 2.24) is 4.98 Å². The van der Waals surface area contributed by atoms with Crippen molar-refractivity contribution in [2.45, 2.75) is 6.92 Å². The van der Waals surface area contributed by atoms with E-state index < -0.39 is 0 Å². The maximum Gasteiger partial charge on any atom is 0.346 e. The van der Waals surface area contributed by atoms with Gasteiger partial charge >= 0.3 is 5.63 Å². The zero-order chi connectivity index (χ0) is 14.4. The number of hydrogen-bond donors (Lipinski definition) is 0. The molecule has 4 rings (SSSR count). The SMILES string of the molecule is Cc1ccc2nc(-c3cc4ccccc4oc3=O)sc2c1. The average molecular weight is 293 g/mol. The maximum atomic E-state index is 12.2. The number of aromatic nitrogens is 1. The summed E-state index contributed by atoms with van der Waals surface area (Å²) in [5.74, 6) is 0. The summed E-state index contributed by atoms with van der Waals surface area (Å²) in [7, 11) is 0. The van der Waals surface area contributed by atoms with Crippen LogP contribution in [0.3, 0.4) is 0 Å². The molecule has 0 radical (unpaired) electrons. The van der Waals surface area contributed by atoms with Gasteiger partial charge in [-0.15, -0.1) is 11.3 Å². The third-order valence-electron chi connectivity index (χ3n) is 3.42. The van der Waals surface area contributed by atoms with E-state index in [2.05, 4.69) is 11.1 Å². The molecule has 21 heavy (non-hydrogen) atoms. The van der Waals surface area contributed by atoms with Crippen LogP contribution >= 0.6 is 11.3 Å². The summed E-state index contributed by atoms with van der Waals surface area (Å²) in [4.78, 5) is 16.7. The first-order valence-electron chi connectivity index (χ1n) is 6.61. The van der Waals surface area contributed by atoms with Crippen molar-refractivity contribution in [1.29, 1.82) is 0 Å². The summed E-state index contributed by atoms with van der Waals surface area (Å²) in [6.45, 7) is 2.04. The van der Waals surface area contributed by atoms with E-state index >= 15 is 0 Å². The zero-order valence-electron chi connectivity index (χ0n) is 11.3. The van der Waals surface area contributed by atoms with Gasteiger partial charge in [0.15, 0.2) is 0 Å². The van der Waals surface area contributed by atoms with Crippen LogP contribution < -0.4 is 5.63 Å². The predicted molar refractivity (Wildman–Crippen MR) is 85.8 cm³/mol. The van der Waals surface area contributed by atoms with Gasteiger partial charge in [-0.25, -0.2) is 9.78 Å². The Balaban J connectivity index is 1.99. The third-order valence-corrected chi connectivity index (χ3v) is 4.47. The van der Waals surface area contributed by atoms with Crippen LogP contribution in [0.2, 0.25) is 0 Å². The molecule has 0 atom stereocenters. The lowest BCUT2D eigenvalue weighted by Gasteiger charge is -1.98. The number of rotatable bonds is 1. The van der Waals surface area contributed by atoms with Crippen molar-refractivity contribution in [3.63, 3.8) is 0 Å². The molecule has 0 bridgehead atoms. The number of benzene rings is 2. The van der Waals surface area contributed by atoms with Gasteiger partial charge in [0, 0.05) is 5.39 Å². The van der Waals surface area contributed by atoms with Gasteiger partial charge in [-0.2, -0.15) is 0 Å². The van der Waals surface area contributed by atoms with Gasteiger partial charge in [-0.3, -0.25) is 0 Å². The van der Waals surface area contributed by atoms with E-state index in [4.69, 9.17) is 4.42 Å². The fourth-order valence-electron chi connectivity index (χ4n) is 2.36. The van der Waals surface area contributed by atoms with Crippen LogP contribution in [0, 0.1) is 6.92 Å². The van der Waals surface area contributed by atoms with Crippen molar-refractivity contribution in [3.8, 4) is 10.6 Å². The molecule has 4 heteroatoms. The predicted octanol–water partition coefficient (Wildman–Crippen LogP) is 4.38. The minimum absolute atomic E-state index is 0.343. The van der Waals surface area contributed by atoms with E-state index in [1.165, 1.54) is 16.9 Å². The molecule has 0 saturated heterocycles. The minimum Gasteiger partial charge on any atom is -0.422 e. The summed E-state index contributed by atoms with van der Waals surface area (Å²) in [5.41, 5.74) is 2.87. The number of nitrogens with zero attached hydrogens (tertiary/aromatic N) is 1. The van der Waals surface area contributed by atoms with Gasteiger partial charge in [-0.1, -0.05) is 24.3 Å². The standard InChI is InChI=1S/C17H11NO2S/c1-10-6-7-13-15(8-10)21-16(18-13)12-9-11-4-2-3-5-14(11)20-17(12)19/h2-9H,1H3. The van der Waals surface area contributed by atoms with Gasteiger partial charge in [0.25, 0.3) is 0 Å². The summed E-state index contributed by atoms with van der Waals surface area (Å²) in [6.07, 6.45) is 0. The molecule has 102 valence electrons. The van der Waals surface area contributed by atoms with E-state index in [0.29, 0.717) is 16.2 Å². The first-order chi connectivity index (χ1) is 10.2. The molecule has 2 heterocycles. The quantitative estimate of drug-likeness (QED) is 0.489. The molecule has 2 aromatic carbocycles. The number of fused-ring (bicyclic) bond motifs is 2. The Bertz CT molecular complexity index is 1030. The minimum atomic E-state index is -0.343. The van der Waals surface area contributed by atoms with Crippen molar-refractivity contribution in [3.05, 3.63) is 64.5 Å². The second kappa shape index (κ2) is 4.53. The highest BCUT2D eigenvalue weighted by molar-refractivity contribution is 7.21. The van der Waals surface area contributed by atoms with Gasteiger partial charge in [0.05, 0.1) is 15.8 Å². The second-order valence-corrected chi connectivity index (χ2v) is 6.01. The number of aryl methyl sites for hydroxylation is 1. The zero-order valence-corrected chi connectivity index (χ0v) is 12.1. The van der Waals surface area contributed by atoms with Gasteiger partial charge in [-0.05, 0) is 36.8 Å². The van der Waals surface area contributed by atoms with Gasteiger partial charge in [0.1, 0.15) is 10.6 Å². The number of para-hydroxylation sites is 1. The van der Waals surface area contributed by atoms with E-state index in [1.807, 2.05) is 43.3 Å². The van der Waals surface area contributed by atoms with E-state index in [1.54, 1.807) is 6.07 Å². The topological polar surface area (TPSA) is 43.1 Å². The Kier molecular flexibility index (Phi) is 2.65. The van der Waals surface area contributed by atoms with Crippen LogP contribution in [-0.4, -0.2) is 4.98 Å². The second-order valence-electron chi connectivity index (χ2n) is 4.98. The summed E-state index contributed by atoms with van der Waals surface area (Å²) < 4.78 is 6.46. The lowest BCUT2D eigenvalue weighted by molar-refractivity contribution is 0.563. The summed E-state index contributed by atoms with van der Waals surface area (Å²) >= 11 is 1.52. The molecule has 4 aromatic rings. The summed E-state index contributed by atoms with van der Waals surface area (Å²) in [5, 5.41) is 1.61. The molecule has 0 N–H and O–H groups in total. The Morgan fingerprint density at radius 1 is 1.10 bits per heavy atom. The van der Waals surface area contributed by atoms with Crippen molar-refractivity contribution in [2.24, 2.45) is 0 Å². The highest BCUT2D eigenvalue weighted by atomic mass is 32.1. The third kappa shape index (κ3) is 2.04. The van der Waals surface area contributed by atoms with Crippen LogP contribution in [0.4, 0.5) is 0 Å². The van der Waals surface area contributed by atoms with Crippen LogP contribution in [0.25, 0.3) is 31.8 Å². The Morgan fingerprint density at radius 3 is 2.86 bits per heavy atom. The molecule has 0 unspecified atom stereocenters. The first-order valence-corrected chi connectivity index (χ1v) is 7.43. The Labute approximate surface area is 124 Å². The van der Waals surface area contributed by atoms with E-state index in [0.717, 1.165) is 15.6 Å². The number of hydrogen-bond acceptors (Lipinski definition) is 4.